The number of aldehydes is 1. The highest BCUT2D eigenvalue weighted by Crippen LogP contribution is 2.24. The predicted octanol–water partition coefficient (Wildman–Crippen LogP) is 2.27. The standard InChI is InChI=1S/C13H12N2O2/c1-9-7-10(3-4-12(9)17-2)11-5-6-14-13(8-16)15-11/h3-8H,1-2H3. The number of benzene rings is 1. The highest BCUT2D eigenvalue weighted by molar-refractivity contribution is 5.71. The molecule has 0 atom stereocenters. The summed E-state index contributed by atoms with van der Waals surface area (Å²) in [4.78, 5) is 18.6. The third-order valence-corrected chi connectivity index (χ3v) is 2.47. The zero-order valence-corrected chi connectivity index (χ0v) is 9.68. The maximum atomic E-state index is 10.6. The van der Waals surface area contributed by atoms with Crippen molar-refractivity contribution in [3.63, 3.8) is 0 Å². The average Bonchev–Trinajstić information content (AvgIpc) is 2.38. The van der Waals surface area contributed by atoms with Gasteiger partial charge >= 0.3 is 0 Å². The summed E-state index contributed by atoms with van der Waals surface area (Å²) in [5.74, 6) is 1.02. The van der Waals surface area contributed by atoms with Crippen LogP contribution >= 0.6 is 0 Å². The van der Waals surface area contributed by atoms with Crippen molar-refractivity contribution in [1.82, 2.24) is 9.97 Å². The van der Waals surface area contributed by atoms with E-state index in [1.807, 2.05) is 25.1 Å². The Morgan fingerprint density at radius 2 is 2.12 bits per heavy atom. The van der Waals surface area contributed by atoms with E-state index >= 15 is 0 Å². The quantitative estimate of drug-likeness (QED) is 0.756. The number of hydrogen-bond acceptors (Lipinski definition) is 4. The Balaban J connectivity index is 2.45. The van der Waals surface area contributed by atoms with Crippen molar-refractivity contribution in [2.75, 3.05) is 7.11 Å². The van der Waals surface area contributed by atoms with Crippen LogP contribution in [0.25, 0.3) is 11.3 Å². The largest absolute Gasteiger partial charge is 0.496 e. The fourth-order valence-corrected chi connectivity index (χ4v) is 1.63. The third kappa shape index (κ3) is 2.30. The molecule has 0 saturated heterocycles. The molecule has 0 spiro atoms. The smallest absolute Gasteiger partial charge is 0.193 e. The second kappa shape index (κ2) is 4.74. The third-order valence-electron chi connectivity index (χ3n) is 2.47. The van der Waals surface area contributed by atoms with Crippen LogP contribution in [0.15, 0.2) is 30.5 Å². The van der Waals surface area contributed by atoms with Gasteiger partial charge in [-0.05, 0) is 36.8 Å². The Morgan fingerprint density at radius 1 is 1.29 bits per heavy atom. The van der Waals surface area contributed by atoms with Crippen molar-refractivity contribution < 1.29 is 9.53 Å². The lowest BCUT2D eigenvalue weighted by Gasteiger charge is -2.07. The van der Waals surface area contributed by atoms with Crippen LogP contribution in [-0.2, 0) is 0 Å². The van der Waals surface area contributed by atoms with Gasteiger partial charge in [0.1, 0.15) is 5.75 Å². The summed E-state index contributed by atoms with van der Waals surface area (Å²) in [7, 11) is 1.64. The molecule has 4 nitrogen and oxygen atoms in total. The SMILES string of the molecule is COc1ccc(-c2ccnc(C=O)n2)cc1C. The minimum atomic E-state index is 0.191. The van der Waals surface area contributed by atoms with Crippen LogP contribution in [0.5, 0.6) is 5.75 Å². The minimum absolute atomic E-state index is 0.191. The van der Waals surface area contributed by atoms with Crippen LogP contribution in [0.1, 0.15) is 16.2 Å². The molecule has 2 rings (SSSR count). The lowest BCUT2D eigenvalue weighted by atomic mass is 10.1. The molecule has 17 heavy (non-hydrogen) atoms. The second-order valence-corrected chi connectivity index (χ2v) is 3.60. The molecule has 0 aliphatic carbocycles. The number of methoxy groups -OCH3 is 1. The molecule has 86 valence electrons. The van der Waals surface area contributed by atoms with Gasteiger partial charge in [-0.2, -0.15) is 0 Å². The molecule has 0 N–H and O–H groups in total. The van der Waals surface area contributed by atoms with E-state index in [9.17, 15) is 4.79 Å². The molecule has 4 heteroatoms. The van der Waals surface area contributed by atoms with E-state index in [2.05, 4.69) is 9.97 Å². The van der Waals surface area contributed by atoms with E-state index in [0.29, 0.717) is 6.29 Å². The lowest BCUT2D eigenvalue weighted by molar-refractivity contribution is 0.111. The molecule has 0 bridgehead atoms. The predicted molar refractivity (Wildman–Crippen MR) is 64.1 cm³/mol. The van der Waals surface area contributed by atoms with Gasteiger partial charge in [-0.25, -0.2) is 9.97 Å². The van der Waals surface area contributed by atoms with Gasteiger partial charge in [0.2, 0.25) is 0 Å². The topological polar surface area (TPSA) is 52.1 Å². The first-order chi connectivity index (χ1) is 8.24. The molecule has 0 saturated carbocycles. The Morgan fingerprint density at radius 3 is 2.76 bits per heavy atom. The van der Waals surface area contributed by atoms with E-state index in [1.165, 1.54) is 0 Å². The van der Waals surface area contributed by atoms with Gasteiger partial charge in [0.25, 0.3) is 0 Å². The van der Waals surface area contributed by atoms with Crippen molar-refractivity contribution in [2.24, 2.45) is 0 Å². The molecule has 2 aromatic rings. The van der Waals surface area contributed by atoms with E-state index < -0.39 is 0 Å². The first kappa shape index (κ1) is 11.3. The van der Waals surface area contributed by atoms with E-state index in [4.69, 9.17) is 4.74 Å². The second-order valence-electron chi connectivity index (χ2n) is 3.60. The molecule has 0 amide bonds. The van der Waals surface area contributed by atoms with E-state index in [0.717, 1.165) is 22.6 Å². The van der Waals surface area contributed by atoms with E-state index in [1.54, 1.807) is 19.4 Å². The summed E-state index contributed by atoms with van der Waals surface area (Å²) >= 11 is 0. The van der Waals surface area contributed by atoms with Crippen molar-refractivity contribution in [3.05, 3.63) is 41.9 Å². The Hall–Kier alpha value is -2.23. The molecular weight excluding hydrogens is 216 g/mol. The molecule has 0 aliphatic rings. The zero-order valence-electron chi connectivity index (χ0n) is 9.68. The van der Waals surface area contributed by atoms with Gasteiger partial charge in [-0.3, -0.25) is 4.79 Å². The first-order valence-corrected chi connectivity index (χ1v) is 5.18. The average molecular weight is 228 g/mol. The van der Waals surface area contributed by atoms with Crippen LogP contribution in [0.4, 0.5) is 0 Å². The summed E-state index contributed by atoms with van der Waals surface area (Å²) in [6.07, 6.45) is 2.21. The maximum absolute atomic E-state index is 10.6. The van der Waals surface area contributed by atoms with Gasteiger partial charge in [-0.1, -0.05) is 0 Å². The van der Waals surface area contributed by atoms with Gasteiger partial charge in [0, 0.05) is 11.8 Å². The van der Waals surface area contributed by atoms with Crippen molar-refractivity contribution in [2.45, 2.75) is 6.92 Å². The Bertz CT molecular complexity index is 553. The molecule has 0 unspecified atom stereocenters. The fraction of sp³-hybridized carbons (Fsp3) is 0.154. The normalized spacial score (nSPS) is 10.0. The highest BCUT2D eigenvalue weighted by Gasteiger charge is 2.04. The number of aromatic nitrogens is 2. The molecule has 1 aromatic heterocycles. The Kier molecular flexibility index (Phi) is 3.14. The van der Waals surface area contributed by atoms with Crippen molar-refractivity contribution >= 4 is 6.29 Å². The molecule has 1 heterocycles. The van der Waals surface area contributed by atoms with Crippen LogP contribution in [-0.4, -0.2) is 23.4 Å². The number of carbonyl (C=O) groups is 1. The molecule has 1 aromatic carbocycles. The molecule has 0 fully saturated rings. The first-order valence-electron chi connectivity index (χ1n) is 5.18. The van der Waals surface area contributed by atoms with Crippen LogP contribution in [0.3, 0.4) is 0 Å². The number of aryl methyl sites for hydroxylation is 1. The molecule has 0 aliphatic heterocycles. The van der Waals surface area contributed by atoms with Crippen molar-refractivity contribution in [1.29, 1.82) is 0 Å². The molecular formula is C13H12N2O2. The zero-order chi connectivity index (χ0) is 12.3. The maximum Gasteiger partial charge on any atom is 0.193 e. The van der Waals surface area contributed by atoms with Gasteiger partial charge in [-0.15, -0.1) is 0 Å². The monoisotopic (exact) mass is 228 g/mol. The summed E-state index contributed by atoms with van der Waals surface area (Å²) in [5.41, 5.74) is 2.69. The van der Waals surface area contributed by atoms with Crippen molar-refractivity contribution in [3.8, 4) is 17.0 Å². The number of rotatable bonds is 3. The number of carbonyl (C=O) groups excluding carboxylic acids is 1. The summed E-state index contributed by atoms with van der Waals surface area (Å²) in [6.45, 7) is 1.96. The van der Waals surface area contributed by atoms with Gasteiger partial charge in [0.15, 0.2) is 12.1 Å². The molecule has 0 radical (unpaired) electrons. The van der Waals surface area contributed by atoms with Crippen LogP contribution in [0, 0.1) is 6.92 Å². The Labute approximate surface area is 99.3 Å². The minimum Gasteiger partial charge on any atom is -0.496 e. The lowest BCUT2D eigenvalue weighted by Crippen LogP contribution is -1.94. The van der Waals surface area contributed by atoms with Gasteiger partial charge < -0.3 is 4.74 Å². The van der Waals surface area contributed by atoms with Crippen LogP contribution in [0.2, 0.25) is 0 Å². The number of nitrogens with zero attached hydrogens (tertiary/aromatic N) is 2. The summed E-state index contributed by atoms with van der Waals surface area (Å²) in [6, 6.07) is 7.53. The highest BCUT2D eigenvalue weighted by atomic mass is 16.5. The van der Waals surface area contributed by atoms with Gasteiger partial charge in [0.05, 0.1) is 12.8 Å². The van der Waals surface area contributed by atoms with Crippen LogP contribution < -0.4 is 4.74 Å². The summed E-state index contributed by atoms with van der Waals surface area (Å²) < 4.78 is 5.19. The fourth-order valence-electron chi connectivity index (χ4n) is 1.63. The van der Waals surface area contributed by atoms with E-state index in [-0.39, 0.29) is 5.82 Å². The number of ether oxygens (including phenoxy) is 1. The number of hydrogen-bond donors (Lipinski definition) is 0. The summed E-state index contributed by atoms with van der Waals surface area (Å²) in [5, 5.41) is 0.